The number of hydrogen-bond acceptors (Lipinski definition) is 1. The first-order chi connectivity index (χ1) is 7.58. The Morgan fingerprint density at radius 3 is 2.19 bits per heavy atom. The average molecular weight is 221 g/mol. The summed E-state index contributed by atoms with van der Waals surface area (Å²) in [7, 11) is 0. The number of rotatable bonds is 2. The molecule has 1 aliphatic carbocycles. The molecule has 0 radical (unpaired) electrons. The summed E-state index contributed by atoms with van der Waals surface area (Å²) in [5, 5.41) is 0. The predicted molar refractivity (Wildman–Crippen MR) is 65.2 cm³/mol. The maximum Gasteiger partial charge on any atom is 0.108 e. The summed E-state index contributed by atoms with van der Waals surface area (Å²) in [5.74, 6) is 0. The van der Waals surface area contributed by atoms with Crippen molar-refractivity contribution >= 4 is 0 Å². The topological polar surface area (TPSA) is 26.0 Å². The number of alkyl halides is 1. The largest absolute Gasteiger partial charge is 0.330 e. The van der Waals surface area contributed by atoms with Gasteiger partial charge in [0.25, 0.3) is 0 Å². The first kappa shape index (κ1) is 11.6. The Kier molecular flexibility index (Phi) is 3.02. The number of nitrogens with two attached hydrogens (primary N) is 1. The van der Waals surface area contributed by atoms with E-state index in [1.54, 1.807) is 6.92 Å². The van der Waals surface area contributed by atoms with Gasteiger partial charge in [0.05, 0.1) is 0 Å². The summed E-state index contributed by atoms with van der Waals surface area (Å²) in [6, 6.07) is 10.3. The van der Waals surface area contributed by atoms with E-state index in [1.807, 2.05) is 18.2 Å². The van der Waals surface area contributed by atoms with Crippen LogP contribution in [0.5, 0.6) is 0 Å². The third kappa shape index (κ3) is 2.12. The molecule has 88 valence electrons. The van der Waals surface area contributed by atoms with Gasteiger partial charge in [-0.2, -0.15) is 0 Å². The summed E-state index contributed by atoms with van der Waals surface area (Å²) >= 11 is 0. The van der Waals surface area contributed by atoms with Gasteiger partial charge in [-0.3, -0.25) is 0 Å². The lowest BCUT2D eigenvalue weighted by atomic mass is 9.66. The van der Waals surface area contributed by atoms with Gasteiger partial charge in [-0.05, 0) is 38.2 Å². The maximum atomic E-state index is 13.8. The smallest absolute Gasteiger partial charge is 0.108 e. The van der Waals surface area contributed by atoms with Crippen molar-refractivity contribution in [1.29, 1.82) is 0 Å². The van der Waals surface area contributed by atoms with Crippen LogP contribution in [0.3, 0.4) is 0 Å². The zero-order valence-electron chi connectivity index (χ0n) is 9.88. The highest BCUT2D eigenvalue weighted by Gasteiger charge is 2.40. The van der Waals surface area contributed by atoms with Crippen molar-refractivity contribution < 1.29 is 4.39 Å². The van der Waals surface area contributed by atoms with Crippen molar-refractivity contribution in [1.82, 2.24) is 0 Å². The Morgan fingerprint density at radius 2 is 1.69 bits per heavy atom. The molecule has 1 fully saturated rings. The van der Waals surface area contributed by atoms with Gasteiger partial charge >= 0.3 is 0 Å². The minimum Gasteiger partial charge on any atom is -0.330 e. The molecule has 0 aromatic heterocycles. The predicted octanol–water partition coefficient (Wildman–Crippen LogP) is 3.19. The minimum absolute atomic E-state index is 0.00681. The lowest BCUT2D eigenvalue weighted by molar-refractivity contribution is 0.0904. The van der Waals surface area contributed by atoms with E-state index in [2.05, 4.69) is 12.1 Å². The van der Waals surface area contributed by atoms with E-state index in [1.165, 1.54) is 5.56 Å². The first-order valence-electron chi connectivity index (χ1n) is 6.03. The molecule has 0 amide bonds. The van der Waals surface area contributed by atoms with Crippen LogP contribution in [0.15, 0.2) is 30.3 Å². The van der Waals surface area contributed by atoms with E-state index in [-0.39, 0.29) is 5.41 Å². The Labute approximate surface area is 96.9 Å². The van der Waals surface area contributed by atoms with Gasteiger partial charge in [0.2, 0.25) is 0 Å². The fourth-order valence-corrected chi connectivity index (χ4v) is 2.65. The van der Waals surface area contributed by atoms with E-state index < -0.39 is 5.67 Å². The zero-order valence-corrected chi connectivity index (χ0v) is 9.88. The molecule has 2 rings (SSSR count). The van der Waals surface area contributed by atoms with Gasteiger partial charge < -0.3 is 5.73 Å². The van der Waals surface area contributed by atoms with E-state index in [4.69, 9.17) is 5.73 Å². The highest BCUT2D eigenvalue weighted by Crippen LogP contribution is 2.43. The second kappa shape index (κ2) is 4.17. The fraction of sp³-hybridized carbons (Fsp3) is 0.571. The molecule has 0 unspecified atom stereocenters. The normalized spacial score (nSPS) is 34.9. The molecule has 1 nitrogen and oxygen atoms in total. The second-order valence-corrected chi connectivity index (χ2v) is 5.26. The Balaban J connectivity index is 2.23. The molecule has 0 spiro atoms. The van der Waals surface area contributed by atoms with Crippen molar-refractivity contribution in [3.05, 3.63) is 35.9 Å². The van der Waals surface area contributed by atoms with Crippen LogP contribution in [0.2, 0.25) is 0 Å². The van der Waals surface area contributed by atoms with Crippen LogP contribution in [-0.4, -0.2) is 12.2 Å². The van der Waals surface area contributed by atoms with Gasteiger partial charge in [0.1, 0.15) is 5.67 Å². The standard InChI is InChI=1S/C14H20FN/c1-13(15)7-9-14(11-16,10-8-13)12-5-3-2-4-6-12/h2-6H,7-11,16H2,1H3. The van der Waals surface area contributed by atoms with E-state index in [0.717, 1.165) is 12.8 Å². The Morgan fingerprint density at radius 1 is 1.12 bits per heavy atom. The van der Waals surface area contributed by atoms with Crippen molar-refractivity contribution in [3.63, 3.8) is 0 Å². The average Bonchev–Trinajstić information content (AvgIpc) is 2.31. The van der Waals surface area contributed by atoms with Crippen LogP contribution >= 0.6 is 0 Å². The summed E-state index contributed by atoms with van der Waals surface area (Å²) in [6.45, 7) is 2.32. The van der Waals surface area contributed by atoms with E-state index in [9.17, 15) is 4.39 Å². The van der Waals surface area contributed by atoms with Crippen molar-refractivity contribution in [2.75, 3.05) is 6.54 Å². The van der Waals surface area contributed by atoms with Crippen LogP contribution in [0, 0.1) is 0 Å². The summed E-state index contributed by atoms with van der Waals surface area (Å²) in [6.07, 6.45) is 2.97. The monoisotopic (exact) mass is 221 g/mol. The number of halogens is 1. The molecule has 1 aromatic carbocycles. The molecule has 16 heavy (non-hydrogen) atoms. The van der Waals surface area contributed by atoms with Crippen LogP contribution in [0.4, 0.5) is 4.39 Å². The minimum atomic E-state index is -0.993. The summed E-state index contributed by atoms with van der Waals surface area (Å²) < 4.78 is 13.8. The quantitative estimate of drug-likeness (QED) is 0.815. The van der Waals surface area contributed by atoms with Crippen molar-refractivity contribution in [2.24, 2.45) is 5.73 Å². The molecule has 1 aliphatic rings. The molecular weight excluding hydrogens is 201 g/mol. The Hall–Kier alpha value is -0.890. The van der Waals surface area contributed by atoms with Crippen LogP contribution in [0.1, 0.15) is 38.2 Å². The SMILES string of the molecule is CC1(F)CCC(CN)(c2ccccc2)CC1. The number of hydrogen-bond donors (Lipinski definition) is 1. The van der Waals surface area contributed by atoms with Crippen molar-refractivity contribution in [3.8, 4) is 0 Å². The lowest BCUT2D eigenvalue weighted by Crippen LogP contribution is -2.42. The van der Waals surface area contributed by atoms with Gasteiger partial charge in [-0.15, -0.1) is 0 Å². The van der Waals surface area contributed by atoms with Crippen LogP contribution < -0.4 is 5.73 Å². The zero-order chi connectivity index (χ0) is 11.6. The van der Waals surface area contributed by atoms with E-state index in [0.29, 0.717) is 19.4 Å². The van der Waals surface area contributed by atoms with Gasteiger partial charge in [-0.25, -0.2) is 4.39 Å². The molecule has 1 saturated carbocycles. The highest BCUT2D eigenvalue weighted by molar-refractivity contribution is 5.27. The lowest BCUT2D eigenvalue weighted by Gasteiger charge is -2.41. The van der Waals surface area contributed by atoms with Gasteiger partial charge in [0.15, 0.2) is 0 Å². The molecule has 0 saturated heterocycles. The Bertz CT molecular complexity index is 335. The van der Waals surface area contributed by atoms with Crippen LogP contribution in [-0.2, 0) is 5.41 Å². The van der Waals surface area contributed by atoms with Crippen molar-refractivity contribution in [2.45, 2.75) is 43.7 Å². The first-order valence-corrected chi connectivity index (χ1v) is 6.03. The highest BCUT2D eigenvalue weighted by atomic mass is 19.1. The van der Waals surface area contributed by atoms with Crippen LogP contribution in [0.25, 0.3) is 0 Å². The van der Waals surface area contributed by atoms with E-state index >= 15 is 0 Å². The van der Waals surface area contributed by atoms with Gasteiger partial charge in [-0.1, -0.05) is 30.3 Å². The van der Waals surface area contributed by atoms with Gasteiger partial charge in [0, 0.05) is 12.0 Å². The molecule has 0 aliphatic heterocycles. The fourth-order valence-electron chi connectivity index (χ4n) is 2.65. The third-order valence-corrected chi connectivity index (χ3v) is 4.03. The maximum absolute atomic E-state index is 13.8. The molecule has 0 heterocycles. The molecule has 0 atom stereocenters. The second-order valence-electron chi connectivity index (χ2n) is 5.26. The molecule has 0 bridgehead atoms. The summed E-state index contributed by atoms with van der Waals surface area (Å²) in [5.41, 5.74) is 6.22. The third-order valence-electron chi connectivity index (χ3n) is 4.03. The number of benzene rings is 1. The molecular formula is C14H20FN. The molecule has 1 aromatic rings. The molecule has 2 heteroatoms. The molecule has 2 N–H and O–H groups in total. The summed E-state index contributed by atoms with van der Waals surface area (Å²) in [4.78, 5) is 0.